The monoisotopic (exact) mass is 334 g/mol. The third kappa shape index (κ3) is 3.53. The van der Waals surface area contributed by atoms with Crippen LogP contribution in [-0.4, -0.2) is 36.7 Å². The third-order valence-corrected chi connectivity index (χ3v) is 4.28. The Morgan fingerprint density at radius 1 is 1.39 bits per heavy atom. The molecule has 2 aromatic rings. The van der Waals surface area contributed by atoms with Crippen molar-refractivity contribution in [1.82, 2.24) is 9.55 Å². The van der Waals surface area contributed by atoms with Gasteiger partial charge in [0, 0.05) is 25.5 Å². The van der Waals surface area contributed by atoms with Gasteiger partial charge in [-0.1, -0.05) is 6.07 Å². The maximum Gasteiger partial charge on any atom is 0.233 e. The van der Waals surface area contributed by atoms with Gasteiger partial charge in [-0.2, -0.15) is 0 Å². The summed E-state index contributed by atoms with van der Waals surface area (Å²) >= 11 is 0. The number of nitrogens with zero attached hydrogens (tertiary/aromatic N) is 3. The molecule has 0 radical (unpaired) electrons. The fourth-order valence-corrected chi connectivity index (χ4v) is 3.28. The van der Waals surface area contributed by atoms with Crippen LogP contribution in [0.2, 0.25) is 0 Å². The third-order valence-electron chi connectivity index (χ3n) is 3.68. The second-order valence-corrected chi connectivity index (χ2v) is 7.47. The SMILES string of the molecule is Cn1cnc(CC(=O)N2CCc3ccc(NS(C)(=O)=O)cc32)c1. The normalized spacial score (nSPS) is 13.9. The van der Waals surface area contributed by atoms with Crippen molar-refractivity contribution in [3.8, 4) is 0 Å². The molecule has 8 heteroatoms. The fraction of sp³-hybridized carbons (Fsp3) is 0.333. The number of carbonyl (C=O) groups excluding carboxylic acids is 1. The molecule has 0 spiro atoms. The number of rotatable bonds is 4. The molecule has 0 unspecified atom stereocenters. The molecular weight excluding hydrogens is 316 g/mol. The number of amides is 1. The van der Waals surface area contributed by atoms with Crippen LogP contribution in [0.15, 0.2) is 30.7 Å². The van der Waals surface area contributed by atoms with Crippen molar-refractivity contribution in [2.24, 2.45) is 7.05 Å². The highest BCUT2D eigenvalue weighted by atomic mass is 32.2. The van der Waals surface area contributed by atoms with E-state index in [1.54, 1.807) is 27.9 Å². The highest BCUT2D eigenvalue weighted by Crippen LogP contribution is 2.31. The van der Waals surface area contributed by atoms with E-state index in [1.807, 2.05) is 19.3 Å². The van der Waals surface area contributed by atoms with Crippen LogP contribution >= 0.6 is 0 Å². The lowest BCUT2D eigenvalue weighted by Gasteiger charge is -2.17. The summed E-state index contributed by atoms with van der Waals surface area (Å²) in [6, 6.07) is 5.28. The fourth-order valence-electron chi connectivity index (χ4n) is 2.72. The van der Waals surface area contributed by atoms with E-state index in [1.165, 1.54) is 0 Å². The predicted molar refractivity (Wildman–Crippen MR) is 87.9 cm³/mol. The molecule has 3 rings (SSSR count). The van der Waals surface area contributed by atoms with E-state index in [9.17, 15) is 13.2 Å². The summed E-state index contributed by atoms with van der Waals surface area (Å²) in [4.78, 5) is 18.4. The Morgan fingerprint density at radius 3 is 2.83 bits per heavy atom. The van der Waals surface area contributed by atoms with Crippen molar-refractivity contribution < 1.29 is 13.2 Å². The number of hydrogen-bond donors (Lipinski definition) is 1. The van der Waals surface area contributed by atoms with Gasteiger partial charge in [0.05, 0.1) is 30.4 Å². The average Bonchev–Trinajstić information content (AvgIpc) is 3.03. The number of aromatic nitrogens is 2. The van der Waals surface area contributed by atoms with Gasteiger partial charge in [0.25, 0.3) is 0 Å². The quantitative estimate of drug-likeness (QED) is 0.901. The second-order valence-electron chi connectivity index (χ2n) is 5.72. The summed E-state index contributed by atoms with van der Waals surface area (Å²) in [5.41, 5.74) is 2.98. The summed E-state index contributed by atoms with van der Waals surface area (Å²) in [6.45, 7) is 0.601. The van der Waals surface area contributed by atoms with Gasteiger partial charge >= 0.3 is 0 Å². The van der Waals surface area contributed by atoms with E-state index in [0.717, 1.165) is 29.6 Å². The highest BCUT2D eigenvalue weighted by Gasteiger charge is 2.25. The molecule has 0 saturated heterocycles. The number of hydrogen-bond acceptors (Lipinski definition) is 4. The molecule has 23 heavy (non-hydrogen) atoms. The van der Waals surface area contributed by atoms with Crippen LogP contribution in [0.5, 0.6) is 0 Å². The lowest BCUT2D eigenvalue weighted by molar-refractivity contribution is -0.117. The Bertz CT molecular complexity index is 857. The average molecular weight is 334 g/mol. The minimum atomic E-state index is -3.34. The van der Waals surface area contributed by atoms with E-state index in [-0.39, 0.29) is 12.3 Å². The van der Waals surface area contributed by atoms with E-state index >= 15 is 0 Å². The number of fused-ring (bicyclic) bond motifs is 1. The molecule has 0 bridgehead atoms. The van der Waals surface area contributed by atoms with Crippen molar-refractivity contribution in [2.75, 3.05) is 22.4 Å². The van der Waals surface area contributed by atoms with Gasteiger partial charge in [0.1, 0.15) is 0 Å². The Morgan fingerprint density at radius 2 is 2.17 bits per heavy atom. The van der Waals surface area contributed by atoms with E-state index in [0.29, 0.717) is 12.2 Å². The zero-order valence-electron chi connectivity index (χ0n) is 13.0. The van der Waals surface area contributed by atoms with Crippen LogP contribution in [0, 0.1) is 0 Å². The molecule has 2 heterocycles. The second kappa shape index (κ2) is 5.69. The van der Waals surface area contributed by atoms with E-state index in [2.05, 4.69) is 9.71 Å². The van der Waals surface area contributed by atoms with Gasteiger partial charge in [-0.3, -0.25) is 9.52 Å². The first-order valence-corrected chi connectivity index (χ1v) is 9.09. The molecule has 122 valence electrons. The number of nitrogens with one attached hydrogen (secondary N) is 1. The molecule has 1 N–H and O–H groups in total. The molecule has 7 nitrogen and oxygen atoms in total. The Kier molecular flexibility index (Phi) is 3.85. The number of anilines is 2. The van der Waals surface area contributed by atoms with Gasteiger partial charge in [-0.05, 0) is 24.1 Å². The van der Waals surface area contributed by atoms with Gasteiger partial charge in [-0.15, -0.1) is 0 Å². The van der Waals surface area contributed by atoms with Crippen molar-refractivity contribution in [3.05, 3.63) is 42.0 Å². The number of carbonyl (C=O) groups is 1. The summed E-state index contributed by atoms with van der Waals surface area (Å²) in [5, 5.41) is 0. The Balaban J connectivity index is 1.82. The number of aryl methyl sites for hydroxylation is 1. The molecule has 1 aromatic carbocycles. The summed E-state index contributed by atoms with van der Waals surface area (Å²) in [7, 11) is -1.49. The standard InChI is InChI=1S/C15H18N4O3S/c1-18-9-13(16-10-18)8-15(20)19-6-5-11-3-4-12(7-14(11)19)17-23(2,21)22/h3-4,7,9-10,17H,5-6,8H2,1-2H3. The number of sulfonamides is 1. The smallest absolute Gasteiger partial charge is 0.233 e. The van der Waals surface area contributed by atoms with Crippen molar-refractivity contribution >= 4 is 27.3 Å². The molecule has 0 fully saturated rings. The van der Waals surface area contributed by atoms with Crippen molar-refractivity contribution in [2.45, 2.75) is 12.8 Å². The molecule has 0 aliphatic carbocycles. The highest BCUT2D eigenvalue weighted by molar-refractivity contribution is 7.92. The molecule has 1 aromatic heterocycles. The van der Waals surface area contributed by atoms with E-state index in [4.69, 9.17) is 0 Å². The van der Waals surface area contributed by atoms with Crippen LogP contribution in [-0.2, 0) is 34.7 Å². The first-order valence-electron chi connectivity index (χ1n) is 7.20. The van der Waals surface area contributed by atoms with Gasteiger partial charge < -0.3 is 9.47 Å². The Labute approximate surface area is 135 Å². The largest absolute Gasteiger partial charge is 0.340 e. The van der Waals surface area contributed by atoms with Crippen LogP contribution in [0.25, 0.3) is 0 Å². The van der Waals surface area contributed by atoms with Gasteiger partial charge in [0.15, 0.2) is 0 Å². The first-order chi connectivity index (χ1) is 10.8. The maximum absolute atomic E-state index is 12.5. The zero-order valence-corrected chi connectivity index (χ0v) is 13.8. The van der Waals surface area contributed by atoms with Crippen LogP contribution in [0.4, 0.5) is 11.4 Å². The molecule has 0 saturated carbocycles. The summed E-state index contributed by atoms with van der Waals surface area (Å²) in [5.74, 6) is -0.0426. The number of benzene rings is 1. The van der Waals surface area contributed by atoms with Gasteiger partial charge in [-0.25, -0.2) is 13.4 Å². The van der Waals surface area contributed by atoms with E-state index < -0.39 is 10.0 Å². The molecular formula is C15H18N4O3S. The van der Waals surface area contributed by atoms with Crippen LogP contribution < -0.4 is 9.62 Å². The minimum absolute atomic E-state index is 0.0426. The zero-order chi connectivity index (χ0) is 16.6. The topological polar surface area (TPSA) is 84.3 Å². The number of imidazole rings is 1. The molecule has 1 amide bonds. The predicted octanol–water partition coefficient (Wildman–Crippen LogP) is 0.923. The van der Waals surface area contributed by atoms with Gasteiger partial charge in [0.2, 0.25) is 15.9 Å². The lowest BCUT2D eigenvalue weighted by Crippen LogP contribution is -2.30. The van der Waals surface area contributed by atoms with Crippen molar-refractivity contribution in [1.29, 1.82) is 0 Å². The minimum Gasteiger partial charge on any atom is -0.340 e. The lowest BCUT2D eigenvalue weighted by atomic mass is 10.1. The summed E-state index contributed by atoms with van der Waals surface area (Å²) in [6.07, 6.45) is 5.57. The molecule has 1 aliphatic rings. The molecule has 1 aliphatic heterocycles. The van der Waals surface area contributed by atoms with Crippen molar-refractivity contribution in [3.63, 3.8) is 0 Å². The maximum atomic E-state index is 12.5. The van der Waals surface area contributed by atoms with Crippen LogP contribution in [0.3, 0.4) is 0 Å². The Hall–Kier alpha value is -2.35. The first kappa shape index (κ1) is 15.5. The molecule has 0 atom stereocenters. The summed E-state index contributed by atoms with van der Waals surface area (Å²) < 4.78 is 27.0. The van der Waals surface area contributed by atoms with Crippen LogP contribution in [0.1, 0.15) is 11.3 Å².